The Labute approximate surface area is 82.4 Å². The minimum absolute atomic E-state index is 0.131. The maximum atomic E-state index is 11.6. The molecule has 1 aromatic heterocycles. The molecule has 1 N–H and O–H groups in total. The van der Waals surface area contributed by atoms with E-state index in [0.717, 1.165) is 0 Å². The SMILES string of the molecule is FC(F)(F)COCc1n[nH]c(CCl)n1. The fourth-order valence-electron chi connectivity index (χ4n) is 0.717. The van der Waals surface area contributed by atoms with Gasteiger partial charge in [0.2, 0.25) is 0 Å². The Bertz CT molecular complexity index is 288. The second-order valence-corrected chi connectivity index (χ2v) is 2.71. The highest BCUT2D eigenvalue weighted by Crippen LogP contribution is 2.14. The van der Waals surface area contributed by atoms with Crippen LogP contribution in [0.1, 0.15) is 11.6 Å². The number of rotatable bonds is 4. The van der Waals surface area contributed by atoms with Gasteiger partial charge in [-0.15, -0.1) is 11.6 Å². The van der Waals surface area contributed by atoms with Gasteiger partial charge in [-0.25, -0.2) is 4.98 Å². The van der Waals surface area contributed by atoms with E-state index in [1.807, 2.05) is 0 Å². The number of nitrogens with one attached hydrogen (secondary N) is 1. The van der Waals surface area contributed by atoms with Crippen LogP contribution < -0.4 is 0 Å². The van der Waals surface area contributed by atoms with Crippen molar-refractivity contribution in [2.24, 2.45) is 0 Å². The minimum Gasteiger partial charge on any atom is -0.364 e. The van der Waals surface area contributed by atoms with Crippen molar-refractivity contribution in [3.8, 4) is 0 Å². The van der Waals surface area contributed by atoms with E-state index in [9.17, 15) is 13.2 Å². The zero-order valence-corrected chi connectivity index (χ0v) is 7.69. The summed E-state index contributed by atoms with van der Waals surface area (Å²) in [6.45, 7) is -1.59. The summed E-state index contributed by atoms with van der Waals surface area (Å²) in [4.78, 5) is 3.76. The highest BCUT2D eigenvalue weighted by atomic mass is 35.5. The smallest absolute Gasteiger partial charge is 0.364 e. The fraction of sp³-hybridized carbons (Fsp3) is 0.667. The van der Waals surface area contributed by atoms with Crippen molar-refractivity contribution in [2.45, 2.75) is 18.7 Å². The molecule has 80 valence electrons. The first-order valence-corrected chi connectivity index (χ1v) is 4.15. The first-order chi connectivity index (χ1) is 6.51. The minimum atomic E-state index is -4.33. The molecule has 0 bridgehead atoms. The van der Waals surface area contributed by atoms with Gasteiger partial charge >= 0.3 is 6.18 Å². The van der Waals surface area contributed by atoms with Crippen LogP contribution in [0.5, 0.6) is 0 Å². The maximum Gasteiger partial charge on any atom is 0.411 e. The van der Waals surface area contributed by atoms with Gasteiger partial charge in [0.25, 0.3) is 0 Å². The summed E-state index contributed by atoms with van der Waals surface area (Å²) >= 11 is 5.39. The first kappa shape index (κ1) is 11.3. The van der Waals surface area contributed by atoms with Crippen LogP contribution in [0.2, 0.25) is 0 Å². The molecule has 1 heterocycles. The van der Waals surface area contributed by atoms with Crippen LogP contribution in [-0.2, 0) is 17.2 Å². The molecule has 8 heteroatoms. The van der Waals surface area contributed by atoms with E-state index in [0.29, 0.717) is 5.82 Å². The van der Waals surface area contributed by atoms with Gasteiger partial charge in [0.05, 0.1) is 5.88 Å². The van der Waals surface area contributed by atoms with E-state index < -0.39 is 12.8 Å². The van der Waals surface area contributed by atoms with E-state index in [1.165, 1.54) is 0 Å². The molecule has 0 aliphatic rings. The van der Waals surface area contributed by atoms with Crippen LogP contribution >= 0.6 is 11.6 Å². The van der Waals surface area contributed by atoms with Gasteiger partial charge in [-0.3, -0.25) is 5.10 Å². The van der Waals surface area contributed by atoms with Crippen molar-refractivity contribution in [3.05, 3.63) is 11.6 Å². The van der Waals surface area contributed by atoms with Crippen LogP contribution in [0.4, 0.5) is 13.2 Å². The third kappa shape index (κ3) is 3.93. The second-order valence-electron chi connectivity index (χ2n) is 2.44. The largest absolute Gasteiger partial charge is 0.411 e. The molecule has 0 aliphatic heterocycles. The molecule has 4 nitrogen and oxygen atoms in total. The number of ether oxygens (including phenoxy) is 1. The monoisotopic (exact) mass is 229 g/mol. The highest BCUT2D eigenvalue weighted by molar-refractivity contribution is 6.16. The number of nitrogens with zero attached hydrogens (tertiary/aromatic N) is 2. The Morgan fingerprint density at radius 2 is 2.14 bits per heavy atom. The Balaban J connectivity index is 2.31. The molecule has 0 aliphatic carbocycles. The van der Waals surface area contributed by atoms with Crippen LogP contribution in [0.3, 0.4) is 0 Å². The molecule has 0 aromatic carbocycles. The molecule has 0 radical (unpaired) electrons. The second kappa shape index (κ2) is 4.61. The highest BCUT2D eigenvalue weighted by Gasteiger charge is 2.27. The lowest BCUT2D eigenvalue weighted by Crippen LogP contribution is -2.16. The standard InChI is InChI=1S/C6H7ClF3N3O/c7-1-4-11-5(13-12-4)2-14-3-6(8,9)10/h1-3H2,(H,11,12,13). The molecule has 0 fully saturated rings. The number of alkyl halides is 4. The normalized spacial score (nSPS) is 12.0. The van der Waals surface area contributed by atoms with Crippen molar-refractivity contribution in [1.82, 2.24) is 15.2 Å². The number of halogens is 4. The molecule has 0 unspecified atom stereocenters. The maximum absolute atomic E-state index is 11.6. The molecule has 1 aromatic rings. The van der Waals surface area contributed by atoms with Crippen molar-refractivity contribution in [2.75, 3.05) is 6.61 Å². The topological polar surface area (TPSA) is 50.8 Å². The molecule has 0 atom stereocenters. The Hall–Kier alpha value is -0.820. The van der Waals surface area contributed by atoms with Gasteiger partial charge in [-0.1, -0.05) is 0 Å². The molecule has 0 amide bonds. The summed E-state index contributed by atoms with van der Waals surface area (Å²) in [7, 11) is 0. The van der Waals surface area contributed by atoms with Crippen LogP contribution in [0.25, 0.3) is 0 Å². The van der Waals surface area contributed by atoms with Gasteiger partial charge in [0, 0.05) is 0 Å². The Morgan fingerprint density at radius 3 is 2.64 bits per heavy atom. The first-order valence-electron chi connectivity index (χ1n) is 3.62. The molecule has 0 saturated carbocycles. The summed E-state index contributed by atoms with van der Waals surface area (Å²) < 4.78 is 39.2. The van der Waals surface area contributed by atoms with Gasteiger partial charge in [-0.05, 0) is 0 Å². The molecule has 0 saturated heterocycles. The summed E-state index contributed by atoms with van der Waals surface area (Å²) in [5.41, 5.74) is 0. The average Bonchev–Trinajstić information content (AvgIpc) is 2.50. The van der Waals surface area contributed by atoms with E-state index in [-0.39, 0.29) is 18.3 Å². The van der Waals surface area contributed by atoms with Crippen molar-refractivity contribution < 1.29 is 17.9 Å². The molecule has 0 spiro atoms. The summed E-state index contributed by atoms with van der Waals surface area (Å²) in [6, 6.07) is 0. The molecule has 14 heavy (non-hydrogen) atoms. The van der Waals surface area contributed by atoms with Gasteiger partial charge in [0.1, 0.15) is 19.0 Å². The number of H-pyrrole nitrogens is 1. The lowest BCUT2D eigenvalue weighted by molar-refractivity contribution is -0.177. The quantitative estimate of drug-likeness (QED) is 0.799. The van der Waals surface area contributed by atoms with E-state index >= 15 is 0 Å². The van der Waals surface area contributed by atoms with Gasteiger partial charge < -0.3 is 4.74 Å². The Kier molecular flexibility index (Phi) is 3.70. The number of aromatic nitrogens is 3. The Morgan fingerprint density at radius 1 is 1.43 bits per heavy atom. The average molecular weight is 230 g/mol. The van der Waals surface area contributed by atoms with Crippen LogP contribution in [0, 0.1) is 0 Å². The van der Waals surface area contributed by atoms with Gasteiger partial charge in [-0.2, -0.15) is 18.3 Å². The summed E-state index contributed by atoms with van der Waals surface area (Å²) in [5, 5.41) is 6.04. The predicted molar refractivity (Wildman–Crippen MR) is 41.7 cm³/mol. The molecule has 1 rings (SSSR count). The molecular formula is C6H7ClF3N3O. The van der Waals surface area contributed by atoms with E-state index in [2.05, 4.69) is 19.9 Å². The van der Waals surface area contributed by atoms with Crippen LogP contribution in [-0.4, -0.2) is 28.0 Å². The number of hydrogen-bond donors (Lipinski definition) is 1. The van der Waals surface area contributed by atoms with E-state index in [1.54, 1.807) is 0 Å². The van der Waals surface area contributed by atoms with Crippen molar-refractivity contribution in [3.63, 3.8) is 0 Å². The zero-order chi connectivity index (χ0) is 10.6. The summed E-state index contributed by atoms with van der Waals surface area (Å²) in [5.74, 6) is 0.689. The predicted octanol–water partition coefficient (Wildman–Crippen LogP) is 1.62. The third-order valence-electron chi connectivity index (χ3n) is 1.20. The fourth-order valence-corrected chi connectivity index (χ4v) is 0.837. The molecular weight excluding hydrogens is 223 g/mol. The summed E-state index contributed by atoms with van der Waals surface area (Å²) in [6.07, 6.45) is -4.33. The van der Waals surface area contributed by atoms with Crippen LogP contribution in [0.15, 0.2) is 0 Å². The third-order valence-corrected chi connectivity index (χ3v) is 1.45. The number of aromatic amines is 1. The number of hydrogen-bond acceptors (Lipinski definition) is 3. The van der Waals surface area contributed by atoms with Gasteiger partial charge in [0.15, 0.2) is 5.82 Å². The zero-order valence-electron chi connectivity index (χ0n) is 6.94. The van der Waals surface area contributed by atoms with E-state index in [4.69, 9.17) is 11.6 Å². The van der Waals surface area contributed by atoms with Crippen molar-refractivity contribution >= 4 is 11.6 Å². The lowest BCUT2D eigenvalue weighted by Gasteiger charge is -2.04. The van der Waals surface area contributed by atoms with Crippen molar-refractivity contribution in [1.29, 1.82) is 0 Å². The lowest BCUT2D eigenvalue weighted by atomic mass is 10.6.